The number of nitrogens with one attached hydrogen (secondary N) is 1. The summed E-state index contributed by atoms with van der Waals surface area (Å²) in [5.41, 5.74) is 0.748. The number of aromatic nitrogens is 1. The molecule has 0 saturated carbocycles. The lowest BCUT2D eigenvalue weighted by molar-refractivity contribution is -0.141. The maximum absolute atomic E-state index is 13.6. The molecule has 5 nitrogen and oxygen atoms in total. The molecule has 0 radical (unpaired) electrons. The Morgan fingerprint density at radius 1 is 1.40 bits per heavy atom. The largest absolute Gasteiger partial charge is 0.480 e. The monoisotopic (exact) mass is 276 g/mol. The third kappa shape index (κ3) is 1.93. The number of halogens is 1. The molecular formula is C14H13FN2O3. The molecule has 1 aromatic carbocycles. The fourth-order valence-electron chi connectivity index (χ4n) is 2.65. The summed E-state index contributed by atoms with van der Waals surface area (Å²) in [7, 11) is 0. The number of carbonyl (C=O) groups is 2. The van der Waals surface area contributed by atoms with Crippen LogP contribution in [0.5, 0.6) is 0 Å². The van der Waals surface area contributed by atoms with Crippen LogP contribution in [0.25, 0.3) is 10.9 Å². The third-order valence-electron chi connectivity index (χ3n) is 3.64. The zero-order valence-electron chi connectivity index (χ0n) is 10.6. The Hall–Kier alpha value is -2.37. The molecule has 1 aliphatic rings. The molecule has 0 bridgehead atoms. The number of hydrogen-bond acceptors (Lipinski definition) is 2. The van der Waals surface area contributed by atoms with Crippen molar-refractivity contribution in [3.63, 3.8) is 0 Å². The van der Waals surface area contributed by atoms with Crippen molar-refractivity contribution in [3.05, 3.63) is 35.8 Å². The van der Waals surface area contributed by atoms with E-state index in [9.17, 15) is 14.0 Å². The number of rotatable bonds is 2. The van der Waals surface area contributed by atoms with E-state index in [1.807, 2.05) is 0 Å². The van der Waals surface area contributed by atoms with E-state index < -0.39 is 23.7 Å². The molecule has 1 fully saturated rings. The molecule has 2 heterocycles. The van der Waals surface area contributed by atoms with Gasteiger partial charge in [0, 0.05) is 17.4 Å². The van der Waals surface area contributed by atoms with E-state index >= 15 is 0 Å². The number of benzene rings is 1. The second-order valence-electron chi connectivity index (χ2n) is 4.88. The molecule has 2 N–H and O–H groups in total. The van der Waals surface area contributed by atoms with E-state index in [2.05, 4.69) is 4.98 Å². The first kappa shape index (κ1) is 12.7. The van der Waals surface area contributed by atoms with E-state index in [4.69, 9.17) is 5.11 Å². The van der Waals surface area contributed by atoms with Crippen LogP contribution in [-0.2, 0) is 4.79 Å². The number of fused-ring (bicyclic) bond motifs is 1. The van der Waals surface area contributed by atoms with Crippen molar-refractivity contribution in [2.75, 3.05) is 6.54 Å². The summed E-state index contributed by atoms with van der Waals surface area (Å²) in [4.78, 5) is 27.6. The second-order valence-corrected chi connectivity index (χ2v) is 4.88. The van der Waals surface area contributed by atoms with Gasteiger partial charge in [-0.05, 0) is 31.0 Å². The van der Waals surface area contributed by atoms with Crippen LogP contribution in [0.1, 0.15) is 23.3 Å². The maximum Gasteiger partial charge on any atom is 0.326 e. The Morgan fingerprint density at radius 2 is 2.20 bits per heavy atom. The minimum absolute atomic E-state index is 0.221. The van der Waals surface area contributed by atoms with Gasteiger partial charge < -0.3 is 15.0 Å². The smallest absolute Gasteiger partial charge is 0.326 e. The molecule has 1 atom stereocenters. The van der Waals surface area contributed by atoms with E-state index in [-0.39, 0.29) is 5.69 Å². The standard InChI is InChI=1S/C14H13FN2O3/c15-9-3-1-4-10-8(9)7-11(16-10)13(18)17-6-2-5-12(17)14(19)20/h1,3-4,7,12,16H,2,5-6H2,(H,19,20). The first-order chi connectivity index (χ1) is 9.58. The number of hydrogen-bond donors (Lipinski definition) is 2. The van der Waals surface area contributed by atoms with Crippen LogP contribution in [0, 0.1) is 5.82 Å². The van der Waals surface area contributed by atoms with Crippen molar-refractivity contribution in [1.29, 1.82) is 0 Å². The van der Waals surface area contributed by atoms with Crippen LogP contribution in [0.3, 0.4) is 0 Å². The zero-order valence-corrected chi connectivity index (χ0v) is 10.6. The Labute approximate surface area is 114 Å². The summed E-state index contributed by atoms with van der Waals surface area (Å²) in [6.07, 6.45) is 1.12. The first-order valence-corrected chi connectivity index (χ1v) is 6.39. The number of amides is 1. The summed E-state index contributed by atoms with van der Waals surface area (Å²) in [5, 5.41) is 9.43. The number of aliphatic carboxylic acids is 1. The Morgan fingerprint density at radius 3 is 2.90 bits per heavy atom. The molecule has 104 valence electrons. The minimum Gasteiger partial charge on any atom is -0.480 e. The van der Waals surface area contributed by atoms with Gasteiger partial charge in [0.1, 0.15) is 17.6 Å². The van der Waals surface area contributed by atoms with Crippen molar-refractivity contribution in [2.45, 2.75) is 18.9 Å². The van der Waals surface area contributed by atoms with E-state index in [1.54, 1.807) is 12.1 Å². The minimum atomic E-state index is -1.00. The molecular weight excluding hydrogens is 263 g/mol. The van der Waals surface area contributed by atoms with E-state index in [0.29, 0.717) is 30.3 Å². The fourth-order valence-corrected chi connectivity index (χ4v) is 2.65. The van der Waals surface area contributed by atoms with Gasteiger partial charge in [-0.1, -0.05) is 6.07 Å². The fraction of sp³-hybridized carbons (Fsp3) is 0.286. The average molecular weight is 276 g/mol. The van der Waals surface area contributed by atoms with Crippen LogP contribution in [0.2, 0.25) is 0 Å². The van der Waals surface area contributed by atoms with Gasteiger partial charge in [0.15, 0.2) is 0 Å². The molecule has 1 amide bonds. The number of carboxylic acid groups (broad SMARTS) is 1. The highest BCUT2D eigenvalue weighted by atomic mass is 19.1. The molecule has 0 aliphatic carbocycles. The van der Waals surface area contributed by atoms with Gasteiger partial charge in [-0.25, -0.2) is 9.18 Å². The lowest BCUT2D eigenvalue weighted by Gasteiger charge is -2.20. The molecule has 0 spiro atoms. The van der Waals surface area contributed by atoms with E-state index in [1.165, 1.54) is 17.0 Å². The van der Waals surface area contributed by atoms with Gasteiger partial charge >= 0.3 is 5.97 Å². The molecule has 20 heavy (non-hydrogen) atoms. The second kappa shape index (κ2) is 4.63. The van der Waals surface area contributed by atoms with Crippen molar-refractivity contribution < 1.29 is 19.1 Å². The number of likely N-dealkylation sites (tertiary alicyclic amines) is 1. The number of carboxylic acids is 1. The van der Waals surface area contributed by atoms with Gasteiger partial charge in [0.2, 0.25) is 0 Å². The molecule has 1 unspecified atom stereocenters. The Bertz CT molecular complexity index is 695. The quantitative estimate of drug-likeness (QED) is 0.881. The highest BCUT2D eigenvalue weighted by molar-refractivity contribution is 6.00. The number of carbonyl (C=O) groups excluding carboxylic acids is 1. The summed E-state index contributed by atoms with van der Waals surface area (Å²) < 4.78 is 13.6. The van der Waals surface area contributed by atoms with Crippen LogP contribution < -0.4 is 0 Å². The predicted octanol–water partition coefficient (Wildman–Crippen LogP) is 2.00. The van der Waals surface area contributed by atoms with Gasteiger partial charge in [-0.15, -0.1) is 0 Å². The Balaban J connectivity index is 1.96. The number of aromatic amines is 1. The maximum atomic E-state index is 13.6. The van der Waals surface area contributed by atoms with Gasteiger partial charge in [-0.2, -0.15) is 0 Å². The topological polar surface area (TPSA) is 73.4 Å². The van der Waals surface area contributed by atoms with Gasteiger partial charge in [0.05, 0.1) is 0 Å². The molecule has 2 aromatic rings. The molecule has 1 saturated heterocycles. The highest BCUT2D eigenvalue weighted by Crippen LogP contribution is 2.23. The van der Waals surface area contributed by atoms with Crippen LogP contribution >= 0.6 is 0 Å². The summed E-state index contributed by atoms with van der Waals surface area (Å²) in [6, 6.07) is 5.19. The summed E-state index contributed by atoms with van der Waals surface area (Å²) >= 11 is 0. The molecule has 6 heteroatoms. The zero-order chi connectivity index (χ0) is 14.3. The summed E-state index contributed by atoms with van der Waals surface area (Å²) in [5.74, 6) is -1.81. The van der Waals surface area contributed by atoms with Crippen LogP contribution in [-0.4, -0.2) is 39.5 Å². The van der Waals surface area contributed by atoms with Gasteiger partial charge in [-0.3, -0.25) is 4.79 Å². The highest BCUT2D eigenvalue weighted by Gasteiger charge is 2.35. The normalized spacial score (nSPS) is 18.6. The molecule has 1 aromatic heterocycles. The molecule has 1 aliphatic heterocycles. The van der Waals surface area contributed by atoms with Crippen molar-refractivity contribution >= 4 is 22.8 Å². The number of nitrogens with zero attached hydrogens (tertiary/aromatic N) is 1. The van der Waals surface area contributed by atoms with Crippen molar-refractivity contribution in [3.8, 4) is 0 Å². The predicted molar refractivity (Wildman–Crippen MR) is 70.0 cm³/mol. The van der Waals surface area contributed by atoms with Crippen LogP contribution in [0.4, 0.5) is 4.39 Å². The molecule has 3 rings (SSSR count). The van der Waals surface area contributed by atoms with Crippen LogP contribution in [0.15, 0.2) is 24.3 Å². The van der Waals surface area contributed by atoms with E-state index in [0.717, 1.165) is 0 Å². The third-order valence-corrected chi connectivity index (χ3v) is 3.64. The first-order valence-electron chi connectivity index (χ1n) is 6.39. The van der Waals surface area contributed by atoms with Crippen molar-refractivity contribution in [2.24, 2.45) is 0 Å². The SMILES string of the molecule is O=C(O)C1CCCN1C(=O)c1cc2c(F)cccc2[nH]1. The average Bonchev–Trinajstić information content (AvgIpc) is 3.05. The lowest BCUT2D eigenvalue weighted by atomic mass is 10.2. The summed E-state index contributed by atoms with van der Waals surface area (Å²) in [6.45, 7) is 0.410. The van der Waals surface area contributed by atoms with Crippen molar-refractivity contribution in [1.82, 2.24) is 9.88 Å². The lowest BCUT2D eigenvalue weighted by Crippen LogP contribution is -2.40. The van der Waals surface area contributed by atoms with Gasteiger partial charge in [0.25, 0.3) is 5.91 Å². The Kier molecular flexibility index (Phi) is 2.93. The number of H-pyrrole nitrogens is 1.